The Morgan fingerprint density at radius 2 is 2.16 bits per heavy atom. The SMILES string of the molecule is Cc1cc(C(C)N2Cc3c(ccnc3C(=O)NCCCO)C2=O)ncc1OCC(F)F. The molecule has 8 nitrogen and oxygen atoms in total. The monoisotopic (exact) mass is 434 g/mol. The highest BCUT2D eigenvalue weighted by Gasteiger charge is 2.35. The van der Waals surface area contributed by atoms with E-state index >= 15 is 0 Å². The molecule has 31 heavy (non-hydrogen) atoms. The van der Waals surface area contributed by atoms with Gasteiger partial charge in [-0.3, -0.25) is 19.6 Å². The number of aryl methyl sites for hydroxylation is 1. The summed E-state index contributed by atoms with van der Waals surface area (Å²) in [4.78, 5) is 35.4. The maximum atomic E-state index is 13.0. The van der Waals surface area contributed by atoms with Gasteiger partial charge in [0, 0.05) is 37.0 Å². The largest absolute Gasteiger partial charge is 0.486 e. The first-order chi connectivity index (χ1) is 14.8. The number of hydrogen-bond acceptors (Lipinski definition) is 6. The Kier molecular flexibility index (Phi) is 7.11. The first-order valence-corrected chi connectivity index (χ1v) is 9.88. The van der Waals surface area contributed by atoms with Crippen molar-refractivity contribution in [3.8, 4) is 5.75 Å². The summed E-state index contributed by atoms with van der Waals surface area (Å²) in [5.41, 5.74) is 2.33. The van der Waals surface area contributed by atoms with Crippen LogP contribution in [0.25, 0.3) is 0 Å². The zero-order chi connectivity index (χ0) is 22.5. The molecule has 1 aliphatic heterocycles. The lowest BCUT2D eigenvalue weighted by atomic mass is 10.1. The van der Waals surface area contributed by atoms with Crippen LogP contribution >= 0.6 is 0 Å². The summed E-state index contributed by atoms with van der Waals surface area (Å²) in [6.07, 6.45) is 0.634. The highest BCUT2D eigenvalue weighted by molar-refractivity contribution is 6.03. The minimum absolute atomic E-state index is 0.0389. The zero-order valence-corrected chi connectivity index (χ0v) is 17.3. The molecule has 2 N–H and O–H groups in total. The number of nitrogens with zero attached hydrogens (tertiary/aromatic N) is 3. The molecule has 1 unspecified atom stereocenters. The van der Waals surface area contributed by atoms with Crippen LogP contribution in [0.2, 0.25) is 0 Å². The van der Waals surface area contributed by atoms with Crippen molar-refractivity contribution >= 4 is 11.8 Å². The Morgan fingerprint density at radius 3 is 2.84 bits per heavy atom. The summed E-state index contributed by atoms with van der Waals surface area (Å²) in [7, 11) is 0. The summed E-state index contributed by atoms with van der Waals surface area (Å²) in [6, 6.07) is 2.85. The zero-order valence-electron chi connectivity index (χ0n) is 17.3. The molecule has 166 valence electrons. The molecule has 3 heterocycles. The van der Waals surface area contributed by atoms with Crippen LogP contribution in [0.15, 0.2) is 24.5 Å². The van der Waals surface area contributed by atoms with Crippen LogP contribution < -0.4 is 10.1 Å². The van der Waals surface area contributed by atoms with Gasteiger partial charge in [0.25, 0.3) is 18.2 Å². The van der Waals surface area contributed by atoms with E-state index in [4.69, 9.17) is 9.84 Å². The van der Waals surface area contributed by atoms with E-state index in [1.165, 1.54) is 12.4 Å². The molecular weight excluding hydrogens is 410 g/mol. The van der Waals surface area contributed by atoms with E-state index in [9.17, 15) is 18.4 Å². The molecule has 1 atom stereocenters. The smallest absolute Gasteiger partial charge is 0.272 e. The number of fused-ring (bicyclic) bond motifs is 1. The number of hydrogen-bond donors (Lipinski definition) is 2. The Balaban J connectivity index is 1.78. The lowest BCUT2D eigenvalue weighted by molar-refractivity contribution is 0.0709. The van der Waals surface area contributed by atoms with Gasteiger partial charge in [-0.2, -0.15) is 0 Å². The number of ether oxygens (including phenoxy) is 1. The summed E-state index contributed by atoms with van der Waals surface area (Å²) < 4.78 is 29.8. The van der Waals surface area contributed by atoms with E-state index < -0.39 is 25.0 Å². The number of alkyl halides is 2. The van der Waals surface area contributed by atoms with Crippen molar-refractivity contribution in [1.82, 2.24) is 20.2 Å². The second kappa shape index (κ2) is 9.78. The van der Waals surface area contributed by atoms with Gasteiger partial charge in [0.2, 0.25) is 0 Å². The molecule has 0 aliphatic carbocycles. The number of pyridine rings is 2. The summed E-state index contributed by atoms with van der Waals surface area (Å²) >= 11 is 0. The van der Waals surface area contributed by atoms with Crippen molar-refractivity contribution in [2.75, 3.05) is 19.8 Å². The second-order valence-electron chi connectivity index (χ2n) is 7.20. The molecule has 0 bridgehead atoms. The third-order valence-electron chi connectivity index (χ3n) is 5.06. The van der Waals surface area contributed by atoms with Crippen LogP contribution in [-0.2, 0) is 6.54 Å². The van der Waals surface area contributed by atoms with Gasteiger partial charge in [-0.15, -0.1) is 0 Å². The van der Waals surface area contributed by atoms with E-state index in [-0.39, 0.29) is 30.5 Å². The fraction of sp³-hybridized carbons (Fsp3) is 0.429. The molecular formula is C21H24F2N4O4. The predicted octanol–water partition coefficient (Wildman–Crippen LogP) is 2.26. The molecule has 0 aromatic carbocycles. The number of rotatable bonds is 9. The third-order valence-corrected chi connectivity index (χ3v) is 5.06. The van der Waals surface area contributed by atoms with Crippen LogP contribution in [0.3, 0.4) is 0 Å². The van der Waals surface area contributed by atoms with Crippen molar-refractivity contribution < 1.29 is 28.2 Å². The molecule has 2 aromatic rings. The third kappa shape index (κ3) is 4.96. The van der Waals surface area contributed by atoms with E-state index in [0.717, 1.165) is 0 Å². The lowest BCUT2D eigenvalue weighted by Gasteiger charge is -2.24. The van der Waals surface area contributed by atoms with Gasteiger partial charge in [0.15, 0.2) is 0 Å². The molecule has 3 rings (SSSR count). The molecule has 2 amide bonds. The predicted molar refractivity (Wildman–Crippen MR) is 107 cm³/mol. The lowest BCUT2D eigenvalue weighted by Crippen LogP contribution is -2.28. The van der Waals surface area contributed by atoms with Crippen molar-refractivity contribution in [2.45, 2.75) is 39.3 Å². The molecule has 2 aromatic heterocycles. The summed E-state index contributed by atoms with van der Waals surface area (Å²) in [5, 5.41) is 11.6. The highest BCUT2D eigenvalue weighted by atomic mass is 19.3. The fourth-order valence-electron chi connectivity index (χ4n) is 3.38. The Bertz CT molecular complexity index is 970. The quantitative estimate of drug-likeness (QED) is 0.587. The molecule has 0 spiro atoms. The molecule has 10 heteroatoms. The van der Waals surface area contributed by atoms with Gasteiger partial charge in [-0.1, -0.05) is 0 Å². The number of halogens is 2. The molecule has 0 fully saturated rings. The maximum absolute atomic E-state index is 13.0. The highest BCUT2D eigenvalue weighted by Crippen LogP contribution is 2.32. The van der Waals surface area contributed by atoms with E-state index in [0.29, 0.717) is 35.3 Å². The minimum atomic E-state index is -2.58. The average molecular weight is 434 g/mol. The van der Waals surface area contributed by atoms with Crippen molar-refractivity contribution in [2.24, 2.45) is 0 Å². The Hall–Kier alpha value is -3.14. The van der Waals surface area contributed by atoms with Gasteiger partial charge in [-0.05, 0) is 38.0 Å². The van der Waals surface area contributed by atoms with Crippen LogP contribution in [-0.4, -0.2) is 58.0 Å². The average Bonchev–Trinajstić information content (AvgIpc) is 3.09. The first-order valence-electron chi connectivity index (χ1n) is 9.88. The van der Waals surface area contributed by atoms with Gasteiger partial charge < -0.3 is 20.1 Å². The van der Waals surface area contributed by atoms with Gasteiger partial charge >= 0.3 is 0 Å². The first kappa shape index (κ1) is 22.5. The number of aromatic nitrogens is 2. The summed E-state index contributed by atoms with van der Waals surface area (Å²) in [5.74, 6) is -0.382. The van der Waals surface area contributed by atoms with E-state index in [1.807, 2.05) is 0 Å². The van der Waals surface area contributed by atoms with E-state index in [2.05, 4.69) is 15.3 Å². The van der Waals surface area contributed by atoms with Crippen LogP contribution in [0, 0.1) is 6.92 Å². The van der Waals surface area contributed by atoms with Crippen LogP contribution in [0.5, 0.6) is 5.75 Å². The number of aliphatic hydroxyl groups excluding tert-OH is 1. The number of carbonyl (C=O) groups excluding carboxylic acids is 2. The van der Waals surface area contributed by atoms with E-state index in [1.54, 1.807) is 30.9 Å². The Labute approximate surface area is 178 Å². The number of carbonyl (C=O) groups is 2. The standard InChI is InChI=1S/C21H24F2N4O4/c1-12-8-16(26-9-17(12)31-11-18(22)23)13(2)27-10-15-14(21(27)30)4-6-24-19(15)20(29)25-5-3-7-28/h4,6,8-9,13,18,28H,3,5,7,10-11H2,1-2H3,(H,25,29). The number of aliphatic hydroxyl groups is 1. The minimum Gasteiger partial charge on any atom is -0.486 e. The van der Waals surface area contributed by atoms with Crippen molar-refractivity contribution in [3.63, 3.8) is 0 Å². The van der Waals surface area contributed by atoms with Gasteiger partial charge in [-0.25, -0.2) is 8.78 Å². The second-order valence-corrected chi connectivity index (χ2v) is 7.20. The summed E-state index contributed by atoms with van der Waals surface area (Å²) in [6.45, 7) is 3.27. The molecule has 1 aliphatic rings. The Morgan fingerprint density at radius 1 is 1.39 bits per heavy atom. The van der Waals surface area contributed by atoms with Gasteiger partial charge in [0.1, 0.15) is 18.1 Å². The number of nitrogens with one attached hydrogen (secondary N) is 1. The normalized spacial score (nSPS) is 14.0. The molecule has 0 radical (unpaired) electrons. The molecule has 0 saturated heterocycles. The van der Waals surface area contributed by atoms with Crippen molar-refractivity contribution in [1.29, 1.82) is 0 Å². The maximum Gasteiger partial charge on any atom is 0.272 e. The van der Waals surface area contributed by atoms with Gasteiger partial charge in [0.05, 0.1) is 17.9 Å². The fourth-order valence-corrected chi connectivity index (χ4v) is 3.38. The van der Waals surface area contributed by atoms with Crippen LogP contribution in [0.1, 0.15) is 57.1 Å². The number of amides is 2. The molecule has 0 saturated carbocycles. The van der Waals surface area contributed by atoms with Crippen LogP contribution in [0.4, 0.5) is 8.78 Å². The topological polar surface area (TPSA) is 105 Å². The van der Waals surface area contributed by atoms with Crippen molar-refractivity contribution in [3.05, 3.63) is 52.6 Å².